The van der Waals surface area contributed by atoms with Crippen molar-refractivity contribution in [3.8, 4) is 0 Å². The van der Waals surface area contributed by atoms with E-state index in [4.69, 9.17) is 0 Å². The Bertz CT molecular complexity index is 654. The molecular weight excluding hydrogens is 292 g/mol. The fraction of sp³-hybridized carbons (Fsp3) is 0.353. The van der Waals surface area contributed by atoms with Crippen LogP contribution in [-0.2, 0) is 4.79 Å². The molecule has 1 saturated heterocycles. The van der Waals surface area contributed by atoms with Gasteiger partial charge in [0.25, 0.3) is 5.91 Å². The number of aromatic amines is 1. The average Bonchev–Trinajstić information content (AvgIpc) is 3.14. The largest absolute Gasteiger partial charge is 0.347 e. The quantitative estimate of drug-likeness (QED) is 0.905. The van der Waals surface area contributed by atoms with Gasteiger partial charge < -0.3 is 15.2 Å². The summed E-state index contributed by atoms with van der Waals surface area (Å²) in [6, 6.07) is 8.88. The van der Waals surface area contributed by atoms with Gasteiger partial charge in [0, 0.05) is 24.5 Å². The third kappa shape index (κ3) is 3.59. The van der Waals surface area contributed by atoms with Crippen LogP contribution in [0.2, 0.25) is 0 Å². The molecule has 1 aliphatic rings. The second-order valence-corrected chi connectivity index (χ2v) is 5.62. The Morgan fingerprint density at radius 2 is 2.09 bits per heavy atom. The number of rotatable bonds is 4. The minimum absolute atomic E-state index is 0.00490. The van der Waals surface area contributed by atoms with Crippen LogP contribution in [0.15, 0.2) is 42.7 Å². The number of aromatic nitrogens is 2. The Labute approximate surface area is 134 Å². The molecule has 2 N–H and O–H groups in total. The maximum atomic E-state index is 12.5. The summed E-state index contributed by atoms with van der Waals surface area (Å²) in [5, 5.41) is 2.70. The summed E-state index contributed by atoms with van der Waals surface area (Å²) < 4.78 is 0. The van der Waals surface area contributed by atoms with Gasteiger partial charge in [0.05, 0.1) is 12.6 Å². The van der Waals surface area contributed by atoms with Gasteiger partial charge in [-0.1, -0.05) is 18.2 Å². The van der Waals surface area contributed by atoms with E-state index in [1.165, 1.54) is 0 Å². The summed E-state index contributed by atoms with van der Waals surface area (Å²) in [4.78, 5) is 33.7. The maximum absolute atomic E-state index is 12.5. The second-order valence-electron chi connectivity index (χ2n) is 5.62. The molecule has 2 aromatic rings. The van der Waals surface area contributed by atoms with Crippen LogP contribution in [0.5, 0.6) is 0 Å². The molecule has 2 heterocycles. The van der Waals surface area contributed by atoms with E-state index in [1.807, 2.05) is 11.0 Å². The van der Waals surface area contributed by atoms with Gasteiger partial charge in [0.15, 0.2) is 0 Å². The van der Waals surface area contributed by atoms with Gasteiger partial charge in [-0.3, -0.25) is 9.59 Å². The summed E-state index contributed by atoms with van der Waals surface area (Å²) in [7, 11) is 0. The van der Waals surface area contributed by atoms with Crippen molar-refractivity contribution in [2.75, 3.05) is 13.1 Å². The number of hydrogen-bond acceptors (Lipinski definition) is 3. The van der Waals surface area contributed by atoms with Crippen molar-refractivity contribution in [1.29, 1.82) is 0 Å². The van der Waals surface area contributed by atoms with Crippen molar-refractivity contribution in [1.82, 2.24) is 20.2 Å². The minimum atomic E-state index is -0.231. The van der Waals surface area contributed by atoms with Crippen molar-refractivity contribution in [3.63, 3.8) is 0 Å². The fourth-order valence-electron chi connectivity index (χ4n) is 2.92. The molecule has 0 saturated carbocycles. The highest BCUT2D eigenvalue weighted by molar-refractivity contribution is 5.96. The fourth-order valence-corrected chi connectivity index (χ4v) is 2.92. The monoisotopic (exact) mass is 312 g/mol. The molecule has 0 bridgehead atoms. The molecule has 0 spiro atoms. The van der Waals surface area contributed by atoms with E-state index < -0.39 is 0 Å². The van der Waals surface area contributed by atoms with E-state index in [9.17, 15) is 9.59 Å². The van der Waals surface area contributed by atoms with Crippen LogP contribution in [-0.4, -0.2) is 39.8 Å². The van der Waals surface area contributed by atoms with Crippen LogP contribution in [0, 0.1) is 0 Å². The predicted octanol–water partition coefficient (Wildman–Crippen LogP) is 1.89. The van der Waals surface area contributed by atoms with Gasteiger partial charge in [-0.05, 0) is 31.4 Å². The number of nitrogens with one attached hydrogen (secondary N) is 2. The van der Waals surface area contributed by atoms with Crippen LogP contribution in [0.25, 0.3) is 0 Å². The molecule has 6 nitrogen and oxygen atoms in total. The van der Waals surface area contributed by atoms with Crippen LogP contribution in [0.1, 0.15) is 41.5 Å². The normalized spacial score (nSPS) is 17.7. The van der Waals surface area contributed by atoms with Crippen molar-refractivity contribution in [2.45, 2.75) is 25.3 Å². The molecular formula is C17H20N4O2. The summed E-state index contributed by atoms with van der Waals surface area (Å²) >= 11 is 0. The third-order valence-electron chi connectivity index (χ3n) is 4.09. The van der Waals surface area contributed by atoms with Crippen molar-refractivity contribution in [3.05, 3.63) is 54.1 Å². The molecule has 0 unspecified atom stereocenters. The van der Waals surface area contributed by atoms with Gasteiger partial charge in [-0.2, -0.15) is 0 Å². The van der Waals surface area contributed by atoms with Crippen LogP contribution >= 0.6 is 0 Å². The van der Waals surface area contributed by atoms with E-state index in [-0.39, 0.29) is 24.4 Å². The number of hydrogen-bond donors (Lipinski definition) is 2. The summed E-state index contributed by atoms with van der Waals surface area (Å²) in [6.45, 7) is 0.705. The zero-order valence-corrected chi connectivity index (χ0v) is 12.9. The number of imidazole rings is 1. The summed E-state index contributed by atoms with van der Waals surface area (Å²) in [5.41, 5.74) is 0.557. The number of carbonyl (C=O) groups is 2. The molecule has 2 amide bonds. The molecule has 1 aromatic heterocycles. The molecule has 1 aromatic carbocycles. The first-order chi connectivity index (χ1) is 11.3. The first-order valence-corrected chi connectivity index (χ1v) is 7.87. The number of amides is 2. The average molecular weight is 312 g/mol. The minimum Gasteiger partial charge on any atom is -0.347 e. The highest BCUT2D eigenvalue weighted by Gasteiger charge is 2.29. The van der Waals surface area contributed by atoms with E-state index in [0.717, 1.165) is 25.1 Å². The van der Waals surface area contributed by atoms with Crippen molar-refractivity contribution >= 4 is 11.8 Å². The smallest absolute Gasteiger partial charge is 0.251 e. The van der Waals surface area contributed by atoms with Crippen LogP contribution < -0.4 is 5.32 Å². The Balaban J connectivity index is 1.61. The van der Waals surface area contributed by atoms with Crippen molar-refractivity contribution in [2.24, 2.45) is 0 Å². The SMILES string of the molecule is O=C(NCC(=O)N1CCCC[C@@H]1c1ncc[nH]1)c1ccccc1. The lowest BCUT2D eigenvalue weighted by Crippen LogP contribution is -2.44. The first kappa shape index (κ1) is 15.3. The Morgan fingerprint density at radius 3 is 2.83 bits per heavy atom. The van der Waals surface area contributed by atoms with E-state index in [1.54, 1.807) is 36.7 Å². The lowest BCUT2D eigenvalue weighted by molar-refractivity contribution is -0.134. The van der Waals surface area contributed by atoms with Crippen LogP contribution in [0.4, 0.5) is 0 Å². The van der Waals surface area contributed by atoms with Gasteiger partial charge in [-0.25, -0.2) is 4.98 Å². The molecule has 0 aliphatic carbocycles. The molecule has 1 fully saturated rings. The number of nitrogens with zero attached hydrogens (tertiary/aromatic N) is 2. The number of H-pyrrole nitrogens is 1. The van der Waals surface area contributed by atoms with E-state index in [0.29, 0.717) is 12.1 Å². The maximum Gasteiger partial charge on any atom is 0.251 e. The van der Waals surface area contributed by atoms with Gasteiger partial charge >= 0.3 is 0 Å². The van der Waals surface area contributed by atoms with Crippen LogP contribution in [0.3, 0.4) is 0 Å². The molecule has 1 aliphatic heterocycles. The van der Waals surface area contributed by atoms with Gasteiger partial charge in [0.2, 0.25) is 5.91 Å². The standard InChI is InChI=1S/C17H20N4O2/c22-15(12-20-17(23)13-6-2-1-3-7-13)21-11-5-4-8-14(21)16-18-9-10-19-16/h1-3,6-7,9-10,14H,4-5,8,11-12H2,(H,18,19)(H,20,23)/t14-/m1/s1. The summed E-state index contributed by atoms with van der Waals surface area (Å²) in [5.74, 6) is 0.508. The van der Waals surface area contributed by atoms with Gasteiger partial charge in [-0.15, -0.1) is 0 Å². The Hall–Kier alpha value is -2.63. The number of likely N-dealkylation sites (tertiary alicyclic amines) is 1. The van der Waals surface area contributed by atoms with Gasteiger partial charge in [0.1, 0.15) is 5.82 Å². The highest BCUT2D eigenvalue weighted by Crippen LogP contribution is 2.28. The lowest BCUT2D eigenvalue weighted by atomic mass is 10.0. The number of carbonyl (C=O) groups excluding carboxylic acids is 2. The zero-order chi connectivity index (χ0) is 16.1. The number of piperidine rings is 1. The van der Waals surface area contributed by atoms with E-state index in [2.05, 4.69) is 15.3 Å². The molecule has 120 valence electrons. The predicted molar refractivity (Wildman–Crippen MR) is 85.7 cm³/mol. The topological polar surface area (TPSA) is 78.1 Å². The van der Waals surface area contributed by atoms with E-state index >= 15 is 0 Å². The Morgan fingerprint density at radius 1 is 1.26 bits per heavy atom. The lowest BCUT2D eigenvalue weighted by Gasteiger charge is -2.34. The third-order valence-corrected chi connectivity index (χ3v) is 4.09. The first-order valence-electron chi connectivity index (χ1n) is 7.87. The molecule has 3 rings (SSSR count). The zero-order valence-electron chi connectivity index (χ0n) is 12.9. The molecule has 6 heteroatoms. The summed E-state index contributed by atoms with van der Waals surface area (Å²) in [6.07, 6.45) is 6.42. The number of benzene rings is 1. The highest BCUT2D eigenvalue weighted by atomic mass is 16.2. The molecule has 0 radical (unpaired) electrons. The second kappa shape index (κ2) is 7.09. The Kier molecular flexibility index (Phi) is 4.71. The van der Waals surface area contributed by atoms with Crippen molar-refractivity contribution < 1.29 is 9.59 Å². The molecule has 23 heavy (non-hydrogen) atoms. The molecule has 1 atom stereocenters.